The van der Waals surface area contributed by atoms with E-state index in [0.717, 1.165) is 9.13 Å². The summed E-state index contributed by atoms with van der Waals surface area (Å²) in [4.78, 5) is 24.2. The predicted molar refractivity (Wildman–Crippen MR) is 83.6 cm³/mol. The molecule has 2 aromatic rings. The van der Waals surface area contributed by atoms with Crippen LogP contribution in [0.3, 0.4) is 0 Å². The van der Waals surface area contributed by atoms with E-state index in [4.69, 9.17) is 11.6 Å². The Bertz CT molecular complexity index is 839. The van der Waals surface area contributed by atoms with Gasteiger partial charge in [0, 0.05) is 13.1 Å². The molecule has 116 valence electrons. The molecule has 0 saturated heterocycles. The number of nitrogens with zero attached hydrogens (tertiary/aromatic N) is 4. The van der Waals surface area contributed by atoms with Gasteiger partial charge in [-0.2, -0.15) is 0 Å². The van der Waals surface area contributed by atoms with Gasteiger partial charge in [0.1, 0.15) is 5.69 Å². The normalized spacial score (nSPS) is 11.2. The van der Waals surface area contributed by atoms with Crippen molar-refractivity contribution in [3.63, 3.8) is 0 Å². The van der Waals surface area contributed by atoms with Crippen LogP contribution in [0.25, 0.3) is 0 Å². The van der Waals surface area contributed by atoms with E-state index in [1.807, 2.05) is 0 Å². The van der Waals surface area contributed by atoms with Gasteiger partial charge in [0.25, 0.3) is 5.56 Å². The molecule has 0 bridgehead atoms. The molecule has 0 fully saturated rings. The van der Waals surface area contributed by atoms with Crippen molar-refractivity contribution in [1.29, 1.82) is 0 Å². The van der Waals surface area contributed by atoms with Crippen LogP contribution in [0.1, 0.15) is 13.8 Å². The molecule has 0 radical (unpaired) electrons. The van der Waals surface area contributed by atoms with E-state index in [1.165, 1.54) is 0 Å². The molecule has 2 rings (SSSR count). The molecule has 1 aromatic heterocycles. The van der Waals surface area contributed by atoms with E-state index < -0.39 is 17.1 Å². The second-order valence-electron chi connectivity index (χ2n) is 4.40. The highest BCUT2D eigenvalue weighted by Gasteiger charge is 2.17. The Labute approximate surface area is 131 Å². The second kappa shape index (κ2) is 6.57. The van der Waals surface area contributed by atoms with Crippen LogP contribution >= 0.6 is 11.6 Å². The first-order valence-electron chi connectivity index (χ1n) is 6.74. The zero-order chi connectivity index (χ0) is 16.3. The molecule has 7 nitrogen and oxygen atoms in total. The monoisotopic (exact) mass is 322 g/mol. The zero-order valence-electron chi connectivity index (χ0n) is 12.2. The number of benzene rings is 1. The largest absolute Gasteiger partial charge is 0.493 e. The average molecular weight is 323 g/mol. The molecular formula is C14H15ClN4O3. The van der Waals surface area contributed by atoms with Crippen molar-refractivity contribution in [2.24, 2.45) is 10.2 Å². The Morgan fingerprint density at radius 2 is 1.73 bits per heavy atom. The molecule has 0 spiro atoms. The minimum absolute atomic E-state index is 0.173. The lowest BCUT2D eigenvalue weighted by Gasteiger charge is -2.10. The molecule has 0 aliphatic carbocycles. The Hall–Kier alpha value is -2.41. The molecule has 0 unspecified atom stereocenters. The number of aromatic hydroxyl groups is 1. The maximum absolute atomic E-state index is 12.2. The number of hydrogen-bond acceptors (Lipinski definition) is 5. The van der Waals surface area contributed by atoms with Gasteiger partial charge in [-0.05, 0) is 26.0 Å². The first-order valence-corrected chi connectivity index (χ1v) is 7.11. The summed E-state index contributed by atoms with van der Waals surface area (Å²) < 4.78 is 2.05. The van der Waals surface area contributed by atoms with Crippen molar-refractivity contribution in [2.75, 3.05) is 0 Å². The molecule has 1 aromatic carbocycles. The van der Waals surface area contributed by atoms with Crippen molar-refractivity contribution in [1.82, 2.24) is 9.13 Å². The van der Waals surface area contributed by atoms with Crippen LogP contribution in [0.4, 0.5) is 11.4 Å². The molecule has 0 saturated carbocycles. The third kappa shape index (κ3) is 2.80. The molecule has 0 aliphatic heterocycles. The van der Waals surface area contributed by atoms with Crippen molar-refractivity contribution >= 4 is 23.0 Å². The summed E-state index contributed by atoms with van der Waals surface area (Å²) in [6, 6.07) is 6.71. The molecule has 1 heterocycles. The lowest BCUT2D eigenvalue weighted by Crippen LogP contribution is -2.38. The predicted octanol–water partition coefficient (Wildman–Crippen LogP) is 2.82. The highest BCUT2D eigenvalue weighted by molar-refractivity contribution is 6.32. The fourth-order valence-corrected chi connectivity index (χ4v) is 2.14. The number of hydrogen-bond donors (Lipinski definition) is 1. The summed E-state index contributed by atoms with van der Waals surface area (Å²) in [5.74, 6) is -0.502. The maximum atomic E-state index is 12.2. The quantitative estimate of drug-likeness (QED) is 0.878. The minimum atomic E-state index is -0.689. The van der Waals surface area contributed by atoms with Gasteiger partial charge in [0.2, 0.25) is 11.6 Å². The van der Waals surface area contributed by atoms with Crippen LogP contribution in [0.5, 0.6) is 5.88 Å². The summed E-state index contributed by atoms with van der Waals surface area (Å²) in [6.45, 7) is 3.72. The maximum Gasteiger partial charge on any atom is 0.333 e. The van der Waals surface area contributed by atoms with Crippen LogP contribution in [-0.2, 0) is 13.1 Å². The van der Waals surface area contributed by atoms with Gasteiger partial charge in [-0.1, -0.05) is 23.7 Å². The fourth-order valence-electron chi connectivity index (χ4n) is 1.96. The van der Waals surface area contributed by atoms with Gasteiger partial charge in [-0.3, -0.25) is 13.9 Å². The Morgan fingerprint density at radius 1 is 1.09 bits per heavy atom. The molecule has 0 atom stereocenters. The lowest BCUT2D eigenvalue weighted by molar-refractivity contribution is 0.397. The minimum Gasteiger partial charge on any atom is -0.493 e. The van der Waals surface area contributed by atoms with Crippen LogP contribution in [0.2, 0.25) is 5.02 Å². The fraction of sp³-hybridized carbons (Fsp3) is 0.286. The van der Waals surface area contributed by atoms with E-state index in [2.05, 4.69) is 10.2 Å². The summed E-state index contributed by atoms with van der Waals surface area (Å²) in [5, 5.41) is 18.1. The first kappa shape index (κ1) is 16.0. The first-order chi connectivity index (χ1) is 10.5. The molecular weight excluding hydrogens is 308 g/mol. The lowest BCUT2D eigenvalue weighted by atomic mass is 10.3. The summed E-state index contributed by atoms with van der Waals surface area (Å²) in [7, 11) is 0. The molecule has 1 N–H and O–H groups in total. The van der Waals surface area contributed by atoms with Gasteiger partial charge in [0.05, 0.1) is 5.02 Å². The van der Waals surface area contributed by atoms with E-state index in [9.17, 15) is 14.7 Å². The Morgan fingerprint density at radius 3 is 2.32 bits per heavy atom. The highest BCUT2D eigenvalue weighted by Crippen LogP contribution is 2.27. The van der Waals surface area contributed by atoms with Crippen LogP contribution in [0.15, 0.2) is 44.1 Å². The third-order valence-electron chi connectivity index (χ3n) is 3.12. The summed E-state index contributed by atoms with van der Waals surface area (Å²) in [5.41, 5.74) is -1.20. The number of halogens is 1. The molecule has 22 heavy (non-hydrogen) atoms. The highest BCUT2D eigenvalue weighted by atomic mass is 35.5. The van der Waals surface area contributed by atoms with Crippen LogP contribution < -0.4 is 11.2 Å². The van der Waals surface area contributed by atoms with Crippen molar-refractivity contribution in [2.45, 2.75) is 26.9 Å². The van der Waals surface area contributed by atoms with Gasteiger partial charge >= 0.3 is 5.69 Å². The van der Waals surface area contributed by atoms with E-state index in [-0.39, 0.29) is 18.8 Å². The number of rotatable bonds is 4. The van der Waals surface area contributed by atoms with Gasteiger partial charge < -0.3 is 5.11 Å². The Balaban J connectivity index is 2.64. The van der Waals surface area contributed by atoms with E-state index in [1.54, 1.807) is 38.1 Å². The standard InChI is InChI=1S/C14H15ClN4O3/c1-3-18-12(20)11(13(21)19(4-2)14(18)22)17-16-10-8-6-5-7-9(10)15/h5-8,20H,3-4H2,1-2H3. The zero-order valence-corrected chi connectivity index (χ0v) is 12.9. The van der Waals surface area contributed by atoms with Crippen molar-refractivity contribution < 1.29 is 5.11 Å². The molecule has 0 aliphatic rings. The average Bonchev–Trinajstić information content (AvgIpc) is 2.49. The third-order valence-corrected chi connectivity index (χ3v) is 3.44. The summed E-state index contributed by atoms with van der Waals surface area (Å²) >= 11 is 5.96. The van der Waals surface area contributed by atoms with E-state index in [0.29, 0.717) is 10.7 Å². The smallest absolute Gasteiger partial charge is 0.333 e. The SMILES string of the molecule is CCn1c(O)c(N=Nc2ccccc2Cl)c(=O)n(CC)c1=O. The number of azo groups is 1. The van der Waals surface area contributed by atoms with Crippen LogP contribution in [-0.4, -0.2) is 14.2 Å². The van der Waals surface area contributed by atoms with Crippen LogP contribution in [0, 0.1) is 0 Å². The van der Waals surface area contributed by atoms with Gasteiger partial charge in [0.15, 0.2) is 0 Å². The topological polar surface area (TPSA) is 88.9 Å². The van der Waals surface area contributed by atoms with Crippen molar-refractivity contribution in [3.8, 4) is 5.88 Å². The van der Waals surface area contributed by atoms with Gasteiger partial charge in [-0.25, -0.2) is 4.79 Å². The second-order valence-corrected chi connectivity index (χ2v) is 4.81. The molecule has 0 amide bonds. The Kier molecular flexibility index (Phi) is 4.77. The number of aromatic nitrogens is 2. The van der Waals surface area contributed by atoms with Gasteiger partial charge in [-0.15, -0.1) is 10.2 Å². The van der Waals surface area contributed by atoms with E-state index >= 15 is 0 Å². The molecule has 8 heteroatoms. The summed E-state index contributed by atoms with van der Waals surface area (Å²) in [6.07, 6.45) is 0. The van der Waals surface area contributed by atoms with Crippen molar-refractivity contribution in [3.05, 3.63) is 50.1 Å².